The number of hydrogen-bond acceptors (Lipinski definition) is 11. The number of carboxylic acid groups (broad SMARTS) is 4. The molecule has 14 aromatic rings. The van der Waals surface area contributed by atoms with E-state index in [4.69, 9.17) is 68.7 Å². The lowest BCUT2D eigenvalue weighted by atomic mass is 10.1. The molecule has 0 amide bonds. The summed E-state index contributed by atoms with van der Waals surface area (Å²) in [6.07, 6.45) is -3.64. The van der Waals surface area contributed by atoms with Crippen LogP contribution in [0.2, 0.25) is 5.02 Å². The summed E-state index contributed by atoms with van der Waals surface area (Å²) >= 11 is 9.70. The van der Waals surface area contributed by atoms with Crippen molar-refractivity contribution < 1.29 is 106 Å². The first kappa shape index (κ1) is 106. The Morgan fingerprint density at radius 2 is 0.669 bits per heavy atom. The van der Waals surface area contributed by atoms with E-state index in [1.54, 1.807) is 177 Å². The Balaban J connectivity index is 0.000000192. The molecule has 0 saturated heterocycles. The summed E-state index contributed by atoms with van der Waals surface area (Å²) in [5.41, 5.74) is 4.77. The number of nitrogens with zero attached hydrogens (tertiary/aromatic N) is 10. The van der Waals surface area contributed by atoms with Crippen molar-refractivity contribution in [2.24, 2.45) is 0 Å². The number of carboxylic acids is 4. The van der Waals surface area contributed by atoms with Gasteiger partial charge in [0.05, 0.1) is 61.5 Å². The van der Waals surface area contributed by atoms with Crippen LogP contribution in [-0.4, -0.2) is 67.7 Å². The number of phenolic OH excluding ortho intramolecular Hbond substituents is 1. The van der Waals surface area contributed by atoms with Gasteiger partial charge in [0.2, 0.25) is 0 Å². The van der Waals surface area contributed by atoms with E-state index in [9.17, 15) is 80.6 Å². The monoisotopic (exact) mass is 1990 g/mol. The number of aromatic hydroxyl groups is 1. The molecule has 0 unspecified atom stereocenters. The van der Waals surface area contributed by atoms with Gasteiger partial charge in [-0.25, -0.2) is 28.0 Å². The normalized spacial score (nSPS) is 12.0. The Hall–Kier alpha value is -16.8. The maximum atomic E-state index is 14.5. The minimum atomic E-state index is -4.51. The quantitative estimate of drug-likeness (QED) is 0.0303. The predicted molar refractivity (Wildman–Crippen MR) is 499 cm³/mol. The van der Waals surface area contributed by atoms with Gasteiger partial charge in [-0.15, -0.1) is 0 Å². The zero-order valence-electron chi connectivity index (χ0n) is 73.5. The molecule has 0 spiro atoms. The number of alkyl halides is 12. The molecule has 139 heavy (non-hydrogen) atoms. The number of carbonyl (C=O) groups is 4. The van der Waals surface area contributed by atoms with E-state index in [1.165, 1.54) is 70.9 Å². The Kier molecular flexibility index (Phi) is 35.0. The molecule has 0 aliphatic carbocycles. The zero-order chi connectivity index (χ0) is 102. The summed E-state index contributed by atoms with van der Waals surface area (Å²) in [5, 5.41) is 100. The third-order valence-corrected chi connectivity index (χ3v) is 21.2. The summed E-state index contributed by atoms with van der Waals surface area (Å²) < 4.78 is 193. The topological polar surface area (TPSA) is 332 Å². The van der Waals surface area contributed by atoms with Crippen molar-refractivity contribution in [3.05, 3.63) is 380 Å². The van der Waals surface area contributed by atoms with Crippen molar-refractivity contribution in [3.8, 4) is 42.2 Å². The number of fused-ring (bicyclic) bond motifs is 4. The fraction of sp³-hybridized carbons (Fsp3) is 0.135. The number of phenols is 1. The summed E-state index contributed by atoms with van der Waals surface area (Å²) in [5.74, 6) is -6.63. The average Bonchev–Trinajstić information content (AvgIpc) is 1.65. The number of nitriles is 6. The lowest BCUT2D eigenvalue weighted by Gasteiger charge is -2.12. The van der Waals surface area contributed by atoms with Crippen molar-refractivity contribution in [3.63, 3.8) is 0 Å². The molecule has 0 aliphatic rings. The maximum Gasteiger partial charge on any atom is 0.416 e. The van der Waals surface area contributed by atoms with E-state index in [2.05, 4.69) is 22.0 Å². The van der Waals surface area contributed by atoms with Gasteiger partial charge in [-0.05, 0) is 215 Å². The molecule has 706 valence electrons. The Morgan fingerprint density at radius 3 is 1.04 bits per heavy atom. The lowest BCUT2D eigenvalue weighted by Crippen LogP contribution is -2.07. The second kappa shape index (κ2) is 46.0. The van der Waals surface area contributed by atoms with Gasteiger partial charge in [0.1, 0.15) is 64.0 Å². The third-order valence-electron chi connectivity index (χ3n) is 20.2. The Bertz CT molecular complexity index is 7110. The minimum Gasteiger partial charge on any atom is -0.508 e. The van der Waals surface area contributed by atoms with Crippen LogP contribution in [0.4, 0.5) is 61.5 Å². The number of aryl methyl sites for hydroxylation is 4. The molecular formula is C104H74BrClF14N10O9. The fourth-order valence-corrected chi connectivity index (χ4v) is 15.3. The van der Waals surface area contributed by atoms with Crippen LogP contribution >= 0.6 is 27.5 Å². The van der Waals surface area contributed by atoms with Crippen LogP contribution in [0, 0.1) is 107 Å². The predicted octanol–water partition coefficient (Wildman–Crippen LogP) is 26.7. The van der Waals surface area contributed by atoms with Gasteiger partial charge in [-0.3, -0.25) is 0 Å². The molecule has 0 saturated carbocycles. The summed E-state index contributed by atoms with van der Waals surface area (Å²) in [7, 11) is 0. The van der Waals surface area contributed by atoms with Crippen LogP contribution in [0.3, 0.4) is 0 Å². The van der Waals surface area contributed by atoms with Crippen molar-refractivity contribution in [1.29, 1.82) is 31.6 Å². The molecule has 19 nitrogen and oxygen atoms in total. The molecule has 0 atom stereocenters. The SMILES string of the molecule is C/C(C#N)=C/c1ccc(O)cc1.C/C(C#N)=C/c1ccccc1.Cc1cc(Cn2cc(/C=C(\C#N)C(=O)O)c3c(Br)cccc32)cc(C(F)(F)F)c1.Cc1cc(Cn2cc(/C=C(\C#N)C(=O)O)c3c(Cl)cccc32)cc(C(F)(F)F)c1.Cc1cc(Cn2cc(/C=C(\C#N)C(=O)O)c3c(F)cccc32)cc(C(F)(F)F)c1.Cc1cc(Cn2cc(/C=C(\C#N)C(=O)O)c3cccc(F)c32)cc(C(F)(F)F)c1. The number of halogens is 16. The molecular weight excluding hydrogens is 1910 g/mol. The van der Waals surface area contributed by atoms with Crippen molar-refractivity contribution in [1.82, 2.24) is 18.3 Å². The highest BCUT2D eigenvalue weighted by Crippen LogP contribution is 2.40. The molecule has 5 N–H and O–H groups in total. The van der Waals surface area contributed by atoms with Crippen LogP contribution in [0.15, 0.2) is 263 Å². The molecule has 14 rings (SSSR count). The number of benzene rings is 10. The molecule has 0 radical (unpaired) electrons. The number of hydrogen-bond donors (Lipinski definition) is 5. The van der Waals surface area contributed by atoms with Crippen LogP contribution in [0.5, 0.6) is 5.75 Å². The standard InChI is InChI=1S/C21H14BrF3N2O2.C21H14ClF3N2O2.2C21H14F4N2O2.C10H9NO.C10H9N/c3*1-12-5-13(7-16(6-12)21(23,24)25)10-27-11-15(8-14(9-26)20(28)29)19-17(22)3-2-4-18(19)27;1-12-5-13(7-16(6-12)21(23,24)25)10-27-11-15(8-14(9-26)20(28)29)17-3-2-4-18(22)19(17)27;1-8(7-11)6-9-2-4-10(12)5-3-9;1-9(8-11)7-10-5-3-2-4-6-10/h4*2-8,11H,10H2,1H3,(H,28,29);2-6,12H,1H3;2-7H,1H3/b4*14-8+;8-6-;9-7-. The van der Waals surface area contributed by atoms with E-state index in [0.29, 0.717) is 103 Å². The van der Waals surface area contributed by atoms with Gasteiger partial charge in [0, 0.05) is 110 Å². The van der Waals surface area contributed by atoms with Crippen LogP contribution in [-0.2, 0) is 70.1 Å². The van der Waals surface area contributed by atoms with E-state index in [1.807, 2.05) is 42.5 Å². The molecule has 4 heterocycles. The summed E-state index contributed by atoms with van der Waals surface area (Å²) in [6.45, 7) is 10.0. The minimum absolute atomic E-state index is 0.00745. The molecule has 4 aromatic heterocycles. The number of para-hydroxylation sites is 1. The highest BCUT2D eigenvalue weighted by molar-refractivity contribution is 9.10. The second-order valence-corrected chi connectivity index (χ2v) is 32.2. The highest BCUT2D eigenvalue weighted by atomic mass is 79.9. The smallest absolute Gasteiger partial charge is 0.416 e. The highest BCUT2D eigenvalue weighted by Gasteiger charge is 2.35. The Morgan fingerprint density at radius 1 is 0.360 bits per heavy atom. The first-order valence-corrected chi connectivity index (χ1v) is 41.8. The van der Waals surface area contributed by atoms with Gasteiger partial charge >= 0.3 is 48.6 Å². The van der Waals surface area contributed by atoms with Gasteiger partial charge in [-0.1, -0.05) is 147 Å². The third kappa shape index (κ3) is 28.6. The van der Waals surface area contributed by atoms with Crippen LogP contribution in [0.1, 0.15) is 114 Å². The largest absolute Gasteiger partial charge is 0.508 e. The summed E-state index contributed by atoms with van der Waals surface area (Å²) in [6, 6.07) is 60.6. The van der Waals surface area contributed by atoms with Gasteiger partial charge < -0.3 is 43.8 Å². The average molecular weight is 1990 g/mol. The van der Waals surface area contributed by atoms with Crippen LogP contribution in [0.25, 0.3) is 80.1 Å². The van der Waals surface area contributed by atoms with E-state index >= 15 is 0 Å². The van der Waals surface area contributed by atoms with E-state index in [-0.39, 0.29) is 54.0 Å². The molecule has 0 aliphatic heterocycles. The van der Waals surface area contributed by atoms with Crippen molar-refractivity contribution in [2.45, 2.75) is 92.4 Å². The maximum absolute atomic E-state index is 14.5. The van der Waals surface area contributed by atoms with Crippen molar-refractivity contribution in [2.75, 3.05) is 0 Å². The van der Waals surface area contributed by atoms with Gasteiger partial charge in [0.15, 0.2) is 0 Å². The molecule has 0 fully saturated rings. The van der Waals surface area contributed by atoms with Gasteiger partial charge in [0.25, 0.3) is 0 Å². The number of aliphatic carboxylic acids is 4. The van der Waals surface area contributed by atoms with E-state index in [0.717, 1.165) is 77.4 Å². The Labute approximate surface area is 797 Å². The number of rotatable bonds is 18. The molecule has 0 bridgehead atoms. The fourth-order valence-electron chi connectivity index (χ4n) is 14.5. The van der Waals surface area contributed by atoms with Gasteiger partial charge in [-0.2, -0.15) is 84.3 Å². The number of allylic oxidation sites excluding steroid dienone is 2. The first-order valence-electron chi connectivity index (χ1n) is 40.7. The summed E-state index contributed by atoms with van der Waals surface area (Å²) in [4.78, 5) is 44.6. The van der Waals surface area contributed by atoms with Crippen molar-refractivity contribution >= 4 is 131 Å². The second-order valence-electron chi connectivity index (χ2n) is 31.0. The molecule has 10 aromatic carbocycles. The van der Waals surface area contributed by atoms with E-state index < -0.39 is 105 Å². The zero-order valence-corrected chi connectivity index (χ0v) is 75.9. The lowest BCUT2D eigenvalue weighted by molar-refractivity contribution is -0.138. The van der Waals surface area contributed by atoms with Crippen LogP contribution < -0.4 is 0 Å². The number of aromatic nitrogens is 4. The first-order chi connectivity index (χ1) is 65.4. The molecule has 35 heteroatoms.